The summed E-state index contributed by atoms with van der Waals surface area (Å²) in [6.45, 7) is 0. The molecule has 64 valence electrons. The van der Waals surface area contributed by atoms with Crippen molar-refractivity contribution in [2.45, 2.75) is 18.9 Å². The zero-order valence-corrected chi connectivity index (χ0v) is 7.20. The second-order valence-corrected chi connectivity index (χ2v) is 3.27. The average Bonchev–Trinajstić information content (AvgIpc) is 2.58. The lowest BCUT2D eigenvalue weighted by Gasteiger charge is -1.93. The Kier molecular flexibility index (Phi) is 1.73. The summed E-state index contributed by atoms with van der Waals surface area (Å²) in [5, 5.41) is 4.32. The molecule has 2 N–H and O–H groups in total. The van der Waals surface area contributed by atoms with E-state index >= 15 is 0 Å². The Morgan fingerprint density at radius 2 is 2.50 bits per heavy atom. The third kappa shape index (κ3) is 1.28. The van der Waals surface area contributed by atoms with Crippen LogP contribution in [0.4, 0.5) is 0 Å². The van der Waals surface area contributed by atoms with Crippen molar-refractivity contribution >= 4 is 5.57 Å². The molecule has 0 bridgehead atoms. The minimum absolute atomic E-state index is 0.238. The average molecular weight is 163 g/mol. The van der Waals surface area contributed by atoms with Gasteiger partial charge in [-0.3, -0.25) is 4.68 Å². The molecule has 0 spiro atoms. The standard InChI is InChI=1S/C9H13N3/c1-12-5-4-9(11-12)7-2-3-8(10)6-7/h4-6,8H,2-3,10H2,1H3. The van der Waals surface area contributed by atoms with Crippen LogP contribution in [0, 0.1) is 0 Å². The molecule has 0 aliphatic heterocycles. The van der Waals surface area contributed by atoms with Crippen molar-refractivity contribution in [3.63, 3.8) is 0 Å². The highest BCUT2D eigenvalue weighted by Gasteiger charge is 2.14. The summed E-state index contributed by atoms with van der Waals surface area (Å²) in [6, 6.07) is 2.27. The van der Waals surface area contributed by atoms with Gasteiger partial charge < -0.3 is 5.73 Å². The van der Waals surface area contributed by atoms with Gasteiger partial charge in [-0.05, 0) is 24.5 Å². The van der Waals surface area contributed by atoms with E-state index in [1.807, 2.05) is 24.0 Å². The Balaban J connectivity index is 2.26. The first-order valence-corrected chi connectivity index (χ1v) is 4.22. The normalized spacial score (nSPS) is 22.8. The van der Waals surface area contributed by atoms with Crippen LogP contribution in [0.3, 0.4) is 0 Å². The van der Waals surface area contributed by atoms with Gasteiger partial charge in [0.1, 0.15) is 0 Å². The van der Waals surface area contributed by atoms with Crippen molar-refractivity contribution in [2.24, 2.45) is 12.8 Å². The largest absolute Gasteiger partial charge is 0.324 e. The number of hydrogen-bond donors (Lipinski definition) is 1. The Hall–Kier alpha value is -1.09. The number of nitrogens with two attached hydrogens (primary N) is 1. The molecule has 1 aromatic heterocycles. The molecule has 1 heterocycles. The van der Waals surface area contributed by atoms with Gasteiger partial charge in [0.2, 0.25) is 0 Å². The van der Waals surface area contributed by atoms with Crippen LogP contribution in [-0.2, 0) is 7.05 Å². The number of aryl methyl sites for hydroxylation is 1. The highest BCUT2D eigenvalue weighted by molar-refractivity contribution is 5.65. The lowest BCUT2D eigenvalue weighted by Crippen LogP contribution is -2.11. The fraction of sp³-hybridized carbons (Fsp3) is 0.444. The molecule has 1 aliphatic carbocycles. The number of allylic oxidation sites excluding steroid dienone is 1. The lowest BCUT2D eigenvalue weighted by molar-refractivity contribution is 0.759. The molecule has 0 fully saturated rings. The summed E-state index contributed by atoms with van der Waals surface area (Å²) in [5.41, 5.74) is 8.13. The highest BCUT2D eigenvalue weighted by atomic mass is 15.2. The predicted octanol–water partition coefficient (Wildman–Crippen LogP) is 0.925. The molecule has 1 aliphatic rings. The van der Waals surface area contributed by atoms with Crippen molar-refractivity contribution in [2.75, 3.05) is 0 Å². The molecule has 1 atom stereocenters. The fourth-order valence-electron chi connectivity index (χ4n) is 1.55. The summed E-state index contributed by atoms with van der Waals surface area (Å²) >= 11 is 0. The van der Waals surface area contributed by atoms with E-state index < -0.39 is 0 Å². The van der Waals surface area contributed by atoms with E-state index in [1.54, 1.807) is 0 Å². The molecule has 2 rings (SSSR count). The SMILES string of the molecule is Cn1ccc(C2=CC(N)CC2)n1. The van der Waals surface area contributed by atoms with Crippen LogP contribution in [-0.4, -0.2) is 15.8 Å². The van der Waals surface area contributed by atoms with E-state index in [1.165, 1.54) is 5.57 Å². The van der Waals surface area contributed by atoms with E-state index in [-0.39, 0.29) is 6.04 Å². The predicted molar refractivity (Wildman–Crippen MR) is 48.4 cm³/mol. The third-order valence-corrected chi connectivity index (χ3v) is 2.20. The molecule has 0 radical (unpaired) electrons. The Morgan fingerprint density at radius 3 is 3.00 bits per heavy atom. The summed E-state index contributed by atoms with van der Waals surface area (Å²) in [6.07, 6.45) is 6.20. The second kappa shape index (κ2) is 2.75. The maximum atomic E-state index is 5.76. The van der Waals surface area contributed by atoms with Crippen LogP contribution < -0.4 is 5.73 Å². The smallest absolute Gasteiger partial charge is 0.0880 e. The minimum atomic E-state index is 0.238. The van der Waals surface area contributed by atoms with Gasteiger partial charge in [-0.15, -0.1) is 0 Å². The van der Waals surface area contributed by atoms with Crippen molar-refractivity contribution < 1.29 is 0 Å². The Morgan fingerprint density at radius 1 is 1.67 bits per heavy atom. The summed E-state index contributed by atoms with van der Waals surface area (Å²) in [4.78, 5) is 0. The molecule has 0 saturated carbocycles. The van der Waals surface area contributed by atoms with Crippen molar-refractivity contribution in [1.82, 2.24) is 9.78 Å². The highest BCUT2D eigenvalue weighted by Crippen LogP contribution is 2.25. The Labute approximate surface area is 71.9 Å². The second-order valence-electron chi connectivity index (χ2n) is 3.27. The van der Waals surface area contributed by atoms with E-state index in [0.717, 1.165) is 18.5 Å². The van der Waals surface area contributed by atoms with E-state index in [2.05, 4.69) is 11.2 Å². The van der Waals surface area contributed by atoms with E-state index in [9.17, 15) is 0 Å². The van der Waals surface area contributed by atoms with Crippen LogP contribution in [0.25, 0.3) is 5.57 Å². The van der Waals surface area contributed by atoms with Crippen molar-refractivity contribution in [3.8, 4) is 0 Å². The first-order valence-electron chi connectivity index (χ1n) is 4.22. The number of rotatable bonds is 1. The topological polar surface area (TPSA) is 43.8 Å². The van der Waals surface area contributed by atoms with Crippen molar-refractivity contribution in [1.29, 1.82) is 0 Å². The van der Waals surface area contributed by atoms with Gasteiger partial charge in [0.25, 0.3) is 0 Å². The minimum Gasteiger partial charge on any atom is -0.324 e. The lowest BCUT2D eigenvalue weighted by atomic mass is 10.2. The van der Waals surface area contributed by atoms with Gasteiger partial charge >= 0.3 is 0 Å². The fourth-order valence-corrected chi connectivity index (χ4v) is 1.55. The molecule has 3 nitrogen and oxygen atoms in total. The molecule has 0 amide bonds. The molecule has 3 heteroatoms. The third-order valence-electron chi connectivity index (χ3n) is 2.20. The molecule has 0 saturated heterocycles. The molecular weight excluding hydrogens is 150 g/mol. The van der Waals surface area contributed by atoms with E-state index in [0.29, 0.717) is 0 Å². The first kappa shape index (κ1) is 7.55. The van der Waals surface area contributed by atoms with Crippen LogP contribution in [0.5, 0.6) is 0 Å². The molecular formula is C9H13N3. The van der Waals surface area contributed by atoms with Crippen LogP contribution in [0.15, 0.2) is 18.3 Å². The van der Waals surface area contributed by atoms with Gasteiger partial charge in [0.15, 0.2) is 0 Å². The molecule has 12 heavy (non-hydrogen) atoms. The summed E-state index contributed by atoms with van der Waals surface area (Å²) < 4.78 is 1.82. The number of hydrogen-bond acceptors (Lipinski definition) is 2. The Bertz CT molecular complexity index is 311. The van der Waals surface area contributed by atoms with Crippen LogP contribution in [0.2, 0.25) is 0 Å². The molecule has 1 unspecified atom stereocenters. The van der Waals surface area contributed by atoms with E-state index in [4.69, 9.17) is 5.73 Å². The monoisotopic (exact) mass is 163 g/mol. The quantitative estimate of drug-likeness (QED) is 0.669. The number of nitrogens with zero attached hydrogens (tertiary/aromatic N) is 2. The number of aromatic nitrogens is 2. The molecule has 0 aromatic carbocycles. The first-order chi connectivity index (χ1) is 5.75. The zero-order chi connectivity index (χ0) is 8.55. The zero-order valence-electron chi connectivity index (χ0n) is 7.20. The van der Waals surface area contributed by atoms with Gasteiger partial charge in [0, 0.05) is 19.3 Å². The van der Waals surface area contributed by atoms with Gasteiger partial charge in [0.05, 0.1) is 5.69 Å². The summed E-state index contributed by atoms with van der Waals surface area (Å²) in [7, 11) is 1.93. The summed E-state index contributed by atoms with van der Waals surface area (Å²) in [5.74, 6) is 0. The van der Waals surface area contributed by atoms with Crippen molar-refractivity contribution in [3.05, 3.63) is 24.0 Å². The van der Waals surface area contributed by atoms with Gasteiger partial charge in [-0.2, -0.15) is 5.10 Å². The molecule has 1 aromatic rings. The maximum Gasteiger partial charge on any atom is 0.0880 e. The van der Waals surface area contributed by atoms with Gasteiger partial charge in [-0.25, -0.2) is 0 Å². The maximum absolute atomic E-state index is 5.76. The van der Waals surface area contributed by atoms with Gasteiger partial charge in [-0.1, -0.05) is 6.08 Å². The van der Waals surface area contributed by atoms with Crippen LogP contribution in [0.1, 0.15) is 18.5 Å². The van der Waals surface area contributed by atoms with Crippen LogP contribution >= 0.6 is 0 Å².